The molecule has 1 aromatic rings. The van der Waals surface area contributed by atoms with Gasteiger partial charge in [-0.05, 0) is 24.5 Å². The van der Waals surface area contributed by atoms with E-state index >= 15 is 0 Å². The molecule has 0 saturated heterocycles. The van der Waals surface area contributed by atoms with Crippen LogP contribution in [0.25, 0.3) is 0 Å². The van der Waals surface area contributed by atoms with Crippen LogP contribution in [0, 0.1) is 5.82 Å². The number of carboxylic acid groups (broad SMARTS) is 1. The zero-order chi connectivity index (χ0) is 12.3. The number of carboxylic acids is 1. The summed E-state index contributed by atoms with van der Waals surface area (Å²) in [5, 5.41) is 8.56. The first-order chi connectivity index (χ1) is 8.18. The summed E-state index contributed by atoms with van der Waals surface area (Å²) in [6.07, 6.45) is 1.13. The molecule has 2 rings (SSSR count). The second-order valence-electron chi connectivity index (χ2n) is 3.81. The molecule has 92 valence electrons. The minimum Gasteiger partial charge on any atom is -0.486 e. The molecule has 1 aliphatic rings. The van der Waals surface area contributed by atoms with Crippen LogP contribution in [0.1, 0.15) is 18.4 Å². The van der Waals surface area contributed by atoms with Crippen LogP contribution in [0.15, 0.2) is 12.1 Å². The lowest BCUT2D eigenvalue weighted by Gasteiger charge is -2.21. The van der Waals surface area contributed by atoms with Gasteiger partial charge in [-0.2, -0.15) is 0 Å². The third-order valence-electron chi connectivity index (χ3n) is 2.56. The molecule has 4 nitrogen and oxygen atoms in total. The standard InChI is InChI=1S/C12H13FO4/c13-9-5-4-8(2-1-3-10(14)15)11-12(9)17-7-6-16-11/h4-5H,1-3,6-7H2,(H,14,15). The Balaban J connectivity index is 2.14. The first-order valence-corrected chi connectivity index (χ1v) is 5.47. The number of halogens is 1. The number of aryl methyl sites for hydroxylation is 1. The Morgan fingerprint density at radius 2 is 2.00 bits per heavy atom. The Kier molecular flexibility index (Phi) is 3.46. The van der Waals surface area contributed by atoms with Crippen molar-refractivity contribution in [2.45, 2.75) is 19.3 Å². The molecule has 0 atom stereocenters. The van der Waals surface area contributed by atoms with Crippen molar-refractivity contribution in [1.29, 1.82) is 0 Å². The van der Waals surface area contributed by atoms with Gasteiger partial charge < -0.3 is 14.6 Å². The number of hydrogen-bond donors (Lipinski definition) is 1. The summed E-state index contributed by atoms with van der Waals surface area (Å²) in [4.78, 5) is 10.4. The Morgan fingerprint density at radius 3 is 2.71 bits per heavy atom. The minimum atomic E-state index is -0.835. The molecule has 0 radical (unpaired) electrons. The zero-order valence-corrected chi connectivity index (χ0v) is 9.24. The highest BCUT2D eigenvalue weighted by atomic mass is 19.1. The molecule has 0 aromatic heterocycles. The second-order valence-corrected chi connectivity index (χ2v) is 3.81. The SMILES string of the molecule is O=C(O)CCCc1ccc(F)c2c1OCCO2. The van der Waals surface area contributed by atoms with E-state index in [0.717, 1.165) is 5.56 Å². The molecule has 0 bridgehead atoms. The molecular formula is C12H13FO4. The third kappa shape index (κ3) is 2.67. The number of fused-ring (bicyclic) bond motifs is 1. The van der Waals surface area contributed by atoms with Crippen molar-refractivity contribution < 1.29 is 23.8 Å². The lowest BCUT2D eigenvalue weighted by Crippen LogP contribution is -2.17. The largest absolute Gasteiger partial charge is 0.486 e. The number of benzene rings is 1. The van der Waals surface area contributed by atoms with Gasteiger partial charge in [0.05, 0.1) is 0 Å². The molecule has 0 aliphatic carbocycles. The van der Waals surface area contributed by atoms with E-state index in [1.165, 1.54) is 6.07 Å². The van der Waals surface area contributed by atoms with Gasteiger partial charge in [0, 0.05) is 6.42 Å². The van der Waals surface area contributed by atoms with Crippen LogP contribution in [-0.2, 0) is 11.2 Å². The highest BCUT2D eigenvalue weighted by Crippen LogP contribution is 2.36. The average Bonchev–Trinajstić information content (AvgIpc) is 2.32. The van der Waals surface area contributed by atoms with Gasteiger partial charge in [-0.15, -0.1) is 0 Å². The Bertz CT molecular complexity index is 431. The summed E-state index contributed by atoms with van der Waals surface area (Å²) in [6.45, 7) is 0.727. The van der Waals surface area contributed by atoms with Crippen LogP contribution in [0.3, 0.4) is 0 Å². The van der Waals surface area contributed by atoms with Crippen molar-refractivity contribution in [2.75, 3.05) is 13.2 Å². The summed E-state index contributed by atoms with van der Waals surface area (Å²) < 4.78 is 24.0. The molecule has 5 heteroatoms. The van der Waals surface area contributed by atoms with Gasteiger partial charge in [0.1, 0.15) is 13.2 Å². The molecule has 1 aliphatic heterocycles. The lowest BCUT2D eigenvalue weighted by atomic mass is 10.1. The van der Waals surface area contributed by atoms with Crippen molar-refractivity contribution in [3.63, 3.8) is 0 Å². The van der Waals surface area contributed by atoms with Crippen molar-refractivity contribution in [3.8, 4) is 11.5 Å². The van der Waals surface area contributed by atoms with Crippen LogP contribution in [0.5, 0.6) is 11.5 Å². The first-order valence-electron chi connectivity index (χ1n) is 5.47. The van der Waals surface area contributed by atoms with Crippen LogP contribution in [0.4, 0.5) is 4.39 Å². The van der Waals surface area contributed by atoms with E-state index in [2.05, 4.69) is 0 Å². The molecule has 1 N–H and O–H groups in total. The normalized spacial score (nSPS) is 13.5. The number of aliphatic carboxylic acids is 1. The fourth-order valence-corrected chi connectivity index (χ4v) is 1.79. The Hall–Kier alpha value is -1.78. The van der Waals surface area contributed by atoms with E-state index in [1.54, 1.807) is 6.07 Å². The van der Waals surface area contributed by atoms with E-state index in [9.17, 15) is 9.18 Å². The quantitative estimate of drug-likeness (QED) is 0.874. The molecule has 0 amide bonds. The highest BCUT2D eigenvalue weighted by Gasteiger charge is 2.20. The minimum absolute atomic E-state index is 0.0903. The predicted molar refractivity (Wildman–Crippen MR) is 58.0 cm³/mol. The summed E-state index contributed by atoms with van der Waals surface area (Å²) >= 11 is 0. The van der Waals surface area contributed by atoms with Crippen LogP contribution in [0.2, 0.25) is 0 Å². The van der Waals surface area contributed by atoms with Crippen molar-refractivity contribution >= 4 is 5.97 Å². The van der Waals surface area contributed by atoms with Crippen molar-refractivity contribution in [2.24, 2.45) is 0 Å². The molecule has 0 fully saturated rings. The monoisotopic (exact) mass is 240 g/mol. The van der Waals surface area contributed by atoms with E-state index in [1.807, 2.05) is 0 Å². The third-order valence-corrected chi connectivity index (χ3v) is 2.56. The predicted octanol–water partition coefficient (Wildman–Crippen LogP) is 2.00. The van der Waals surface area contributed by atoms with E-state index in [-0.39, 0.29) is 12.2 Å². The lowest BCUT2D eigenvalue weighted by molar-refractivity contribution is -0.137. The van der Waals surface area contributed by atoms with E-state index in [0.29, 0.717) is 31.8 Å². The zero-order valence-electron chi connectivity index (χ0n) is 9.24. The van der Waals surface area contributed by atoms with Crippen molar-refractivity contribution in [3.05, 3.63) is 23.5 Å². The fraction of sp³-hybridized carbons (Fsp3) is 0.417. The second kappa shape index (κ2) is 5.03. The number of hydrogen-bond acceptors (Lipinski definition) is 3. The summed E-state index contributed by atoms with van der Waals surface area (Å²) in [6, 6.07) is 2.94. The molecule has 1 heterocycles. The maximum absolute atomic E-state index is 13.4. The molecule has 17 heavy (non-hydrogen) atoms. The molecule has 0 unspecified atom stereocenters. The molecule has 1 aromatic carbocycles. The van der Waals surface area contributed by atoms with Crippen molar-refractivity contribution in [1.82, 2.24) is 0 Å². The number of ether oxygens (including phenoxy) is 2. The van der Waals surface area contributed by atoms with Crippen LogP contribution < -0.4 is 9.47 Å². The summed E-state index contributed by atoms with van der Waals surface area (Å²) in [7, 11) is 0. The van der Waals surface area contributed by atoms with Crippen LogP contribution in [-0.4, -0.2) is 24.3 Å². The smallest absolute Gasteiger partial charge is 0.303 e. The van der Waals surface area contributed by atoms with Gasteiger partial charge in [-0.25, -0.2) is 4.39 Å². The van der Waals surface area contributed by atoms with E-state index in [4.69, 9.17) is 14.6 Å². The maximum atomic E-state index is 13.4. The van der Waals surface area contributed by atoms with Gasteiger partial charge in [-0.1, -0.05) is 6.07 Å². The van der Waals surface area contributed by atoms with Gasteiger partial charge in [0.25, 0.3) is 0 Å². The Morgan fingerprint density at radius 1 is 1.29 bits per heavy atom. The summed E-state index contributed by atoms with van der Waals surface area (Å²) in [5.41, 5.74) is 0.794. The van der Waals surface area contributed by atoms with Gasteiger partial charge in [-0.3, -0.25) is 4.79 Å². The van der Waals surface area contributed by atoms with Gasteiger partial charge in [0.2, 0.25) is 0 Å². The van der Waals surface area contributed by atoms with Gasteiger partial charge in [0.15, 0.2) is 17.3 Å². The number of carbonyl (C=O) groups is 1. The van der Waals surface area contributed by atoms with E-state index < -0.39 is 11.8 Å². The molecular weight excluding hydrogens is 227 g/mol. The maximum Gasteiger partial charge on any atom is 0.303 e. The molecule has 0 saturated carbocycles. The fourth-order valence-electron chi connectivity index (χ4n) is 1.79. The number of rotatable bonds is 4. The average molecular weight is 240 g/mol. The molecule has 0 spiro atoms. The highest BCUT2D eigenvalue weighted by molar-refractivity contribution is 5.66. The topological polar surface area (TPSA) is 55.8 Å². The van der Waals surface area contributed by atoms with Gasteiger partial charge >= 0.3 is 5.97 Å². The van der Waals surface area contributed by atoms with Crippen LogP contribution >= 0.6 is 0 Å². The Labute approximate surface area is 98.0 Å². The summed E-state index contributed by atoms with van der Waals surface area (Å²) in [5.74, 6) is -0.717. The first kappa shape index (κ1) is 11.7.